The van der Waals surface area contributed by atoms with Gasteiger partial charge in [-0.05, 0) is 40.5 Å². The Bertz CT molecular complexity index is 551. The molecule has 90 valence electrons. The molecule has 0 aliphatic heterocycles. The Morgan fingerprint density at radius 2 is 2.18 bits per heavy atom. The second-order valence-electron chi connectivity index (χ2n) is 3.48. The Labute approximate surface area is 117 Å². The van der Waals surface area contributed by atoms with Crippen LogP contribution < -0.4 is 10.5 Å². The number of ether oxygens (including phenoxy) is 1. The van der Waals surface area contributed by atoms with E-state index in [1.54, 1.807) is 7.11 Å². The molecule has 1 aromatic carbocycles. The van der Waals surface area contributed by atoms with Crippen molar-refractivity contribution in [2.75, 3.05) is 12.8 Å². The van der Waals surface area contributed by atoms with Crippen molar-refractivity contribution in [2.45, 2.75) is 6.92 Å². The van der Waals surface area contributed by atoms with Crippen LogP contribution in [0.4, 0.5) is 5.82 Å². The fourth-order valence-corrected chi connectivity index (χ4v) is 2.87. The standard InChI is InChI=1S/C11H10BrClN2OS/c1-5-3-8(16-2)6(4-7(5)13)11-15-10(14)9(12)17-11/h3-4H,14H2,1-2H3. The predicted molar refractivity (Wildman–Crippen MR) is 76.0 cm³/mol. The molecule has 17 heavy (non-hydrogen) atoms. The Balaban J connectivity index is 2.61. The third-order valence-corrected chi connectivity index (χ3v) is 4.51. The first kappa shape index (κ1) is 12.7. The van der Waals surface area contributed by atoms with E-state index < -0.39 is 0 Å². The van der Waals surface area contributed by atoms with Crippen molar-refractivity contribution in [3.05, 3.63) is 26.5 Å². The van der Waals surface area contributed by atoms with E-state index in [2.05, 4.69) is 20.9 Å². The molecular weight excluding hydrogens is 324 g/mol. The highest BCUT2D eigenvalue weighted by atomic mass is 79.9. The molecular formula is C11H10BrClN2OS. The van der Waals surface area contributed by atoms with E-state index >= 15 is 0 Å². The average molecular weight is 334 g/mol. The highest BCUT2D eigenvalue weighted by Crippen LogP contribution is 2.40. The number of halogens is 2. The Hall–Kier alpha value is -0.780. The number of nitrogens with two attached hydrogens (primary N) is 1. The number of benzene rings is 1. The van der Waals surface area contributed by atoms with Gasteiger partial charge in [-0.2, -0.15) is 0 Å². The molecule has 2 aromatic rings. The number of methoxy groups -OCH3 is 1. The van der Waals surface area contributed by atoms with Crippen LogP contribution in [0.1, 0.15) is 5.56 Å². The van der Waals surface area contributed by atoms with Gasteiger partial charge in [-0.15, -0.1) is 11.3 Å². The monoisotopic (exact) mass is 332 g/mol. The molecule has 0 saturated heterocycles. The lowest BCUT2D eigenvalue weighted by Gasteiger charge is -2.08. The van der Waals surface area contributed by atoms with Gasteiger partial charge in [-0.3, -0.25) is 0 Å². The fraction of sp³-hybridized carbons (Fsp3) is 0.182. The molecule has 0 fully saturated rings. The Kier molecular flexibility index (Phi) is 3.61. The zero-order valence-corrected chi connectivity index (χ0v) is 12.4. The number of hydrogen-bond acceptors (Lipinski definition) is 4. The minimum absolute atomic E-state index is 0.476. The van der Waals surface area contributed by atoms with E-state index in [9.17, 15) is 0 Å². The Morgan fingerprint density at radius 3 is 2.71 bits per heavy atom. The van der Waals surface area contributed by atoms with E-state index in [4.69, 9.17) is 22.1 Å². The highest BCUT2D eigenvalue weighted by Gasteiger charge is 2.14. The largest absolute Gasteiger partial charge is 0.496 e. The van der Waals surface area contributed by atoms with Crippen molar-refractivity contribution < 1.29 is 4.74 Å². The first-order chi connectivity index (χ1) is 8.02. The summed E-state index contributed by atoms with van der Waals surface area (Å²) in [7, 11) is 1.62. The van der Waals surface area contributed by atoms with Crippen molar-refractivity contribution >= 4 is 44.7 Å². The van der Waals surface area contributed by atoms with Crippen LogP contribution >= 0.6 is 38.9 Å². The molecule has 0 atom stereocenters. The number of anilines is 1. The van der Waals surface area contributed by atoms with Crippen molar-refractivity contribution in [1.29, 1.82) is 0 Å². The fourth-order valence-electron chi connectivity index (χ4n) is 1.42. The van der Waals surface area contributed by atoms with E-state index in [0.717, 1.165) is 25.7 Å². The van der Waals surface area contributed by atoms with Crippen LogP contribution in [0.3, 0.4) is 0 Å². The summed E-state index contributed by atoms with van der Waals surface area (Å²) in [5.74, 6) is 1.22. The SMILES string of the molecule is COc1cc(C)c(Cl)cc1-c1nc(N)c(Br)s1. The number of thiazole rings is 1. The first-order valence-corrected chi connectivity index (χ1v) is 6.78. The second kappa shape index (κ2) is 4.84. The summed E-state index contributed by atoms with van der Waals surface area (Å²) in [5, 5.41) is 1.47. The smallest absolute Gasteiger partial charge is 0.149 e. The molecule has 0 spiro atoms. The van der Waals surface area contributed by atoms with Gasteiger partial charge in [-0.25, -0.2) is 4.98 Å². The lowest BCUT2D eigenvalue weighted by molar-refractivity contribution is 0.416. The van der Waals surface area contributed by atoms with Gasteiger partial charge in [0.15, 0.2) is 0 Å². The third kappa shape index (κ3) is 2.41. The van der Waals surface area contributed by atoms with Gasteiger partial charge in [-0.1, -0.05) is 11.6 Å². The molecule has 0 bridgehead atoms. The van der Waals surface area contributed by atoms with Gasteiger partial charge in [0.1, 0.15) is 20.4 Å². The van der Waals surface area contributed by atoms with Gasteiger partial charge >= 0.3 is 0 Å². The van der Waals surface area contributed by atoms with Crippen LogP contribution in [0, 0.1) is 6.92 Å². The molecule has 6 heteroatoms. The molecule has 0 unspecified atom stereocenters. The van der Waals surface area contributed by atoms with Crippen LogP contribution in [0.15, 0.2) is 15.9 Å². The molecule has 0 aliphatic rings. The first-order valence-electron chi connectivity index (χ1n) is 4.79. The summed E-state index contributed by atoms with van der Waals surface area (Å²) >= 11 is 10.9. The molecule has 2 rings (SSSR count). The lowest BCUT2D eigenvalue weighted by atomic mass is 10.1. The third-order valence-electron chi connectivity index (χ3n) is 2.32. The van der Waals surface area contributed by atoms with Crippen LogP contribution in [0.2, 0.25) is 5.02 Å². The number of hydrogen-bond donors (Lipinski definition) is 1. The van der Waals surface area contributed by atoms with E-state index in [1.165, 1.54) is 11.3 Å². The van der Waals surface area contributed by atoms with Crippen molar-refractivity contribution in [2.24, 2.45) is 0 Å². The quantitative estimate of drug-likeness (QED) is 0.899. The molecule has 0 saturated carbocycles. The second-order valence-corrected chi connectivity index (χ2v) is 6.20. The molecule has 0 radical (unpaired) electrons. The summed E-state index contributed by atoms with van der Waals surface area (Å²) < 4.78 is 6.15. The Morgan fingerprint density at radius 1 is 1.47 bits per heavy atom. The maximum absolute atomic E-state index is 6.12. The van der Waals surface area contributed by atoms with Crippen LogP contribution in [0.5, 0.6) is 5.75 Å². The lowest BCUT2D eigenvalue weighted by Crippen LogP contribution is -1.90. The number of rotatable bonds is 2. The minimum Gasteiger partial charge on any atom is -0.496 e. The number of aryl methyl sites for hydroxylation is 1. The topological polar surface area (TPSA) is 48.1 Å². The number of aromatic nitrogens is 1. The van der Waals surface area contributed by atoms with E-state index in [1.807, 2.05) is 19.1 Å². The molecule has 3 nitrogen and oxygen atoms in total. The van der Waals surface area contributed by atoms with Crippen molar-refractivity contribution in [3.63, 3.8) is 0 Å². The maximum Gasteiger partial charge on any atom is 0.149 e. The van der Waals surface area contributed by atoms with E-state index in [-0.39, 0.29) is 0 Å². The van der Waals surface area contributed by atoms with Crippen molar-refractivity contribution in [1.82, 2.24) is 4.98 Å². The van der Waals surface area contributed by atoms with Gasteiger partial charge in [0.25, 0.3) is 0 Å². The van der Waals surface area contributed by atoms with Crippen LogP contribution in [0.25, 0.3) is 10.6 Å². The molecule has 1 heterocycles. The summed E-state index contributed by atoms with van der Waals surface area (Å²) in [6.07, 6.45) is 0. The van der Waals surface area contributed by atoms with E-state index in [0.29, 0.717) is 10.8 Å². The van der Waals surface area contributed by atoms with Crippen LogP contribution in [-0.2, 0) is 0 Å². The van der Waals surface area contributed by atoms with Gasteiger partial charge in [0.05, 0.1) is 12.7 Å². The maximum atomic E-state index is 6.12. The van der Waals surface area contributed by atoms with Crippen molar-refractivity contribution in [3.8, 4) is 16.3 Å². The normalized spacial score (nSPS) is 10.6. The summed E-state index contributed by atoms with van der Waals surface area (Å²) in [6.45, 7) is 1.93. The predicted octanol–water partition coefficient (Wildman–Crippen LogP) is 4.13. The zero-order valence-electron chi connectivity index (χ0n) is 9.25. The molecule has 0 amide bonds. The summed E-state index contributed by atoms with van der Waals surface area (Å²) in [4.78, 5) is 4.27. The van der Waals surface area contributed by atoms with Gasteiger partial charge < -0.3 is 10.5 Å². The number of nitrogens with zero attached hydrogens (tertiary/aromatic N) is 1. The van der Waals surface area contributed by atoms with Gasteiger partial charge in [0.2, 0.25) is 0 Å². The number of nitrogen functional groups attached to an aromatic ring is 1. The van der Waals surface area contributed by atoms with Crippen LogP contribution in [-0.4, -0.2) is 12.1 Å². The zero-order chi connectivity index (χ0) is 12.6. The minimum atomic E-state index is 0.476. The highest BCUT2D eigenvalue weighted by molar-refractivity contribution is 9.11. The average Bonchev–Trinajstić information content (AvgIpc) is 2.62. The molecule has 1 aromatic heterocycles. The summed E-state index contributed by atoms with van der Waals surface area (Å²) in [5.41, 5.74) is 7.54. The molecule has 0 aliphatic carbocycles. The summed E-state index contributed by atoms with van der Waals surface area (Å²) in [6, 6.07) is 3.74. The van der Waals surface area contributed by atoms with Gasteiger partial charge in [0, 0.05) is 5.02 Å². The molecule has 2 N–H and O–H groups in total.